The van der Waals surface area contributed by atoms with Gasteiger partial charge in [0.2, 0.25) is 0 Å². The minimum atomic E-state index is -0.774. The normalized spacial score (nSPS) is 24.9. The number of fused-ring (bicyclic) bond motifs is 1. The summed E-state index contributed by atoms with van der Waals surface area (Å²) in [6.07, 6.45) is 1.07. The number of aliphatic hydroxyl groups excluding tert-OH is 1. The number of carboxylic acid groups (broad SMARTS) is 1. The molecule has 0 aliphatic heterocycles. The number of carboxylic acids is 1. The smallest absolute Gasteiger partial charge is 0.303 e. The summed E-state index contributed by atoms with van der Waals surface area (Å²) >= 11 is 1.63. The van der Waals surface area contributed by atoms with Crippen LogP contribution in [0.15, 0.2) is 5.38 Å². The standard InChI is InChI=1S/C11H14O3S/c1-6-5-15-9-3-7(4-10(13)14)2-8(12)11(6)9/h5,7-8,12H,2-4H2,1H3,(H,13,14). The lowest BCUT2D eigenvalue weighted by Gasteiger charge is -2.25. The van der Waals surface area contributed by atoms with Gasteiger partial charge in [-0.15, -0.1) is 11.3 Å². The summed E-state index contributed by atoms with van der Waals surface area (Å²) in [4.78, 5) is 11.8. The molecule has 15 heavy (non-hydrogen) atoms. The zero-order valence-electron chi connectivity index (χ0n) is 8.56. The van der Waals surface area contributed by atoms with Gasteiger partial charge in [0, 0.05) is 11.3 Å². The molecule has 1 aliphatic rings. The summed E-state index contributed by atoms with van der Waals surface area (Å²) in [5.74, 6) is -0.688. The topological polar surface area (TPSA) is 57.5 Å². The lowest BCUT2D eigenvalue weighted by atomic mass is 9.84. The fourth-order valence-electron chi connectivity index (χ4n) is 2.29. The Kier molecular flexibility index (Phi) is 2.80. The van der Waals surface area contributed by atoms with Crippen LogP contribution < -0.4 is 0 Å². The fraction of sp³-hybridized carbons (Fsp3) is 0.545. The first kappa shape index (κ1) is 10.6. The first-order chi connectivity index (χ1) is 7.08. The Morgan fingerprint density at radius 3 is 3.07 bits per heavy atom. The molecule has 0 saturated carbocycles. The molecule has 2 unspecified atom stereocenters. The second kappa shape index (κ2) is 3.94. The van der Waals surface area contributed by atoms with Crippen molar-refractivity contribution in [3.63, 3.8) is 0 Å². The Balaban J connectivity index is 2.20. The van der Waals surface area contributed by atoms with E-state index in [0.29, 0.717) is 6.42 Å². The van der Waals surface area contributed by atoms with Gasteiger partial charge in [-0.3, -0.25) is 4.79 Å². The van der Waals surface area contributed by atoms with E-state index in [2.05, 4.69) is 0 Å². The van der Waals surface area contributed by atoms with Gasteiger partial charge in [0.1, 0.15) is 0 Å². The van der Waals surface area contributed by atoms with Gasteiger partial charge in [-0.25, -0.2) is 0 Å². The fourth-order valence-corrected chi connectivity index (χ4v) is 3.50. The third-order valence-corrected chi connectivity index (χ3v) is 4.07. The molecule has 3 nitrogen and oxygen atoms in total. The van der Waals surface area contributed by atoms with Crippen molar-refractivity contribution in [3.05, 3.63) is 21.4 Å². The van der Waals surface area contributed by atoms with Gasteiger partial charge in [-0.2, -0.15) is 0 Å². The average Bonchev–Trinajstić information content (AvgIpc) is 2.46. The predicted molar refractivity (Wildman–Crippen MR) is 58.1 cm³/mol. The van der Waals surface area contributed by atoms with Crippen LogP contribution in [0.5, 0.6) is 0 Å². The highest BCUT2D eigenvalue weighted by Gasteiger charge is 2.29. The quantitative estimate of drug-likeness (QED) is 0.812. The molecule has 2 N–H and O–H groups in total. The number of hydrogen-bond acceptors (Lipinski definition) is 3. The molecule has 1 aromatic rings. The molecule has 4 heteroatoms. The van der Waals surface area contributed by atoms with Crippen molar-refractivity contribution in [2.75, 3.05) is 0 Å². The highest BCUT2D eigenvalue weighted by atomic mass is 32.1. The SMILES string of the molecule is Cc1csc2c1C(O)CC(CC(=O)O)C2. The molecule has 0 saturated heterocycles. The molecule has 0 radical (unpaired) electrons. The number of aryl methyl sites for hydroxylation is 1. The number of carbonyl (C=O) groups is 1. The maximum Gasteiger partial charge on any atom is 0.303 e. The lowest BCUT2D eigenvalue weighted by molar-refractivity contribution is -0.138. The van der Waals surface area contributed by atoms with E-state index in [1.807, 2.05) is 12.3 Å². The van der Waals surface area contributed by atoms with Gasteiger partial charge in [-0.1, -0.05) is 0 Å². The second-order valence-corrected chi connectivity index (χ2v) is 5.14. The molecule has 0 spiro atoms. The van der Waals surface area contributed by atoms with Gasteiger partial charge < -0.3 is 10.2 Å². The van der Waals surface area contributed by atoms with Gasteiger partial charge in [0.15, 0.2) is 0 Å². The Hall–Kier alpha value is -0.870. The maximum absolute atomic E-state index is 10.6. The zero-order chi connectivity index (χ0) is 11.0. The van der Waals surface area contributed by atoms with E-state index in [0.717, 1.165) is 22.4 Å². The molecule has 1 heterocycles. The van der Waals surface area contributed by atoms with Crippen LogP contribution in [-0.2, 0) is 11.2 Å². The molecule has 82 valence electrons. The van der Waals surface area contributed by atoms with Crippen LogP contribution in [0.2, 0.25) is 0 Å². The molecule has 0 fully saturated rings. The largest absolute Gasteiger partial charge is 0.481 e. The maximum atomic E-state index is 10.6. The van der Waals surface area contributed by atoms with E-state index in [9.17, 15) is 9.90 Å². The van der Waals surface area contributed by atoms with Crippen LogP contribution in [0.1, 0.15) is 34.9 Å². The van der Waals surface area contributed by atoms with Crippen LogP contribution in [0.25, 0.3) is 0 Å². The molecular formula is C11H14O3S. The predicted octanol–water partition coefficient (Wildman–Crippen LogP) is 2.13. The van der Waals surface area contributed by atoms with Crippen molar-refractivity contribution in [1.29, 1.82) is 0 Å². The van der Waals surface area contributed by atoms with E-state index in [1.165, 1.54) is 0 Å². The molecule has 0 aromatic carbocycles. The molecular weight excluding hydrogens is 212 g/mol. The minimum absolute atomic E-state index is 0.0862. The molecule has 1 aliphatic carbocycles. The Bertz CT molecular complexity index is 383. The van der Waals surface area contributed by atoms with Crippen LogP contribution in [-0.4, -0.2) is 16.2 Å². The van der Waals surface area contributed by atoms with Gasteiger partial charge in [-0.05, 0) is 42.2 Å². The Morgan fingerprint density at radius 1 is 1.67 bits per heavy atom. The first-order valence-corrected chi connectivity index (χ1v) is 5.92. The monoisotopic (exact) mass is 226 g/mol. The summed E-state index contributed by atoms with van der Waals surface area (Å²) < 4.78 is 0. The third kappa shape index (κ3) is 2.06. The second-order valence-electron chi connectivity index (χ2n) is 4.18. The number of aliphatic carboxylic acids is 1. The average molecular weight is 226 g/mol. The van der Waals surface area contributed by atoms with Gasteiger partial charge in [0.25, 0.3) is 0 Å². The Morgan fingerprint density at radius 2 is 2.40 bits per heavy atom. The van der Waals surface area contributed by atoms with Crippen LogP contribution in [0.3, 0.4) is 0 Å². The van der Waals surface area contributed by atoms with Crippen LogP contribution in [0, 0.1) is 12.8 Å². The molecule has 0 amide bonds. The summed E-state index contributed by atoms with van der Waals surface area (Å²) in [5.41, 5.74) is 2.18. The van der Waals surface area contributed by atoms with Crippen molar-refractivity contribution >= 4 is 17.3 Å². The van der Waals surface area contributed by atoms with Gasteiger partial charge >= 0.3 is 5.97 Å². The number of hydrogen-bond donors (Lipinski definition) is 2. The summed E-state index contributed by atoms with van der Waals surface area (Å²) in [7, 11) is 0. The van der Waals surface area contributed by atoms with E-state index >= 15 is 0 Å². The highest BCUT2D eigenvalue weighted by Crippen LogP contribution is 2.39. The summed E-state index contributed by atoms with van der Waals surface area (Å²) in [6.45, 7) is 2.00. The molecule has 2 atom stereocenters. The number of rotatable bonds is 2. The number of thiophene rings is 1. The molecule has 0 bridgehead atoms. The number of aliphatic hydroxyl groups is 1. The van der Waals surface area contributed by atoms with E-state index < -0.39 is 12.1 Å². The lowest BCUT2D eigenvalue weighted by Crippen LogP contribution is -2.20. The highest BCUT2D eigenvalue weighted by molar-refractivity contribution is 7.10. The van der Waals surface area contributed by atoms with Crippen molar-refractivity contribution in [2.45, 2.75) is 32.3 Å². The Labute approximate surface area is 92.4 Å². The summed E-state index contributed by atoms with van der Waals surface area (Å²) in [6, 6.07) is 0. The van der Waals surface area contributed by atoms with Crippen molar-refractivity contribution in [2.24, 2.45) is 5.92 Å². The summed E-state index contributed by atoms with van der Waals surface area (Å²) in [5, 5.41) is 20.7. The van der Waals surface area contributed by atoms with Gasteiger partial charge in [0.05, 0.1) is 6.10 Å². The third-order valence-electron chi connectivity index (χ3n) is 2.93. The minimum Gasteiger partial charge on any atom is -0.481 e. The first-order valence-electron chi connectivity index (χ1n) is 5.04. The van der Waals surface area contributed by atoms with Crippen molar-refractivity contribution in [1.82, 2.24) is 0 Å². The van der Waals surface area contributed by atoms with E-state index in [1.54, 1.807) is 11.3 Å². The van der Waals surface area contributed by atoms with E-state index in [-0.39, 0.29) is 12.3 Å². The zero-order valence-corrected chi connectivity index (χ0v) is 9.38. The van der Waals surface area contributed by atoms with Crippen molar-refractivity contribution < 1.29 is 15.0 Å². The molecule has 1 aromatic heterocycles. The molecule has 2 rings (SSSR count). The van der Waals surface area contributed by atoms with Crippen molar-refractivity contribution in [3.8, 4) is 0 Å². The van der Waals surface area contributed by atoms with Crippen LogP contribution in [0.4, 0.5) is 0 Å². The van der Waals surface area contributed by atoms with E-state index in [4.69, 9.17) is 5.11 Å². The van der Waals surface area contributed by atoms with Crippen LogP contribution >= 0.6 is 11.3 Å².